The van der Waals surface area contributed by atoms with Crippen LogP contribution in [0, 0.1) is 0 Å². The molecule has 0 amide bonds. The van der Waals surface area contributed by atoms with E-state index >= 15 is 0 Å². The number of ketones is 1. The fourth-order valence-corrected chi connectivity index (χ4v) is 1.66. The van der Waals surface area contributed by atoms with E-state index in [2.05, 4.69) is 15.9 Å². The van der Waals surface area contributed by atoms with Crippen molar-refractivity contribution >= 4 is 27.4 Å². The third kappa shape index (κ3) is 1.92. The summed E-state index contributed by atoms with van der Waals surface area (Å²) in [5, 5.41) is 0. The molecular weight excluding hydrogens is 256 g/mol. The second-order valence-electron chi connectivity index (χ2n) is 2.78. The van der Waals surface area contributed by atoms with Gasteiger partial charge in [-0.25, -0.2) is 8.78 Å². The number of alkyl halides is 2. The number of carbonyl (C=O) groups is 1. The smallest absolute Gasteiger partial charge is 0.266 e. The Morgan fingerprint density at radius 1 is 1.50 bits per heavy atom. The van der Waals surface area contributed by atoms with E-state index in [0.29, 0.717) is 0 Å². The van der Waals surface area contributed by atoms with Crippen LogP contribution in [0.5, 0.6) is 0 Å². The summed E-state index contributed by atoms with van der Waals surface area (Å²) in [6, 6.07) is 2.82. The van der Waals surface area contributed by atoms with Crippen molar-refractivity contribution in [1.29, 1.82) is 0 Å². The Morgan fingerprint density at radius 2 is 2.07 bits per heavy atom. The lowest BCUT2D eigenvalue weighted by molar-refractivity contribution is 0.101. The van der Waals surface area contributed by atoms with Crippen LogP contribution in [0.15, 0.2) is 16.6 Å². The Kier molecular flexibility index (Phi) is 3.21. The number of benzene rings is 1. The quantitative estimate of drug-likeness (QED) is 0.658. The van der Waals surface area contributed by atoms with Gasteiger partial charge in [0, 0.05) is 10.0 Å². The number of nitrogens with two attached hydrogens (primary N) is 1. The van der Waals surface area contributed by atoms with E-state index in [1.54, 1.807) is 0 Å². The molecule has 0 atom stereocenters. The molecule has 0 heterocycles. The summed E-state index contributed by atoms with van der Waals surface area (Å²) in [4.78, 5) is 11.0. The molecule has 0 saturated heterocycles. The van der Waals surface area contributed by atoms with E-state index in [0.717, 1.165) is 0 Å². The zero-order valence-corrected chi connectivity index (χ0v) is 8.94. The molecule has 76 valence electrons. The van der Waals surface area contributed by atoms with Gasteiger partial charge in [0.05, 0.1) is 11.3 Å². The molecule has 1 aromatic carbocycles. The molecule has 14 heavy (non-hydrogen) atoms. The molecule has 0 fully saturated rings. The van der Waals surface area contributed by atoms with Crippen LogP contribution < -0.4 is 5.73 Å². The van der Waals surface area contributed by atoms with Crippen LogP contribution in [0.2, 0.25) is 0 Å². The van der Waals surface area contributed by atoms with Crippen LogP contribution in [0.25, 0.3) is 0 Å². The fourth-order valence-electron chi connectivity index (χ4n) is 1.14. The molecule has 1 aromatic rings. The highest BCUT2D eigenvalue weighted by Crippen LogP contribution is 2.34. The van der Waals surface area contributed by atoms with Gasteiger partial charge in [0.15, 0.2) is 5.78 Å². The van der Waals surface area contributed by atoms with Gasteiger partial charge in [-0.05, 0) is 19.1 Å². The number of hydrogen-bond acceptors (Lipinski definition) is 2. The Labute approximate surface area is 88.2 Å². The highest BCUT2D eigenvalue weighted by molar-refractivity contribution is 9.10. The third-order valence-electron chi connectivity index (χ3n) is 1.83. The molecular formula is C9H8BrF2NO. The van der Waals surface area contributed by atoms with Crippen molar-refractivity contribution in [3.63, 3.8) is 0 Å². The number of nitrogen functional groups attached to an aromatic ring is 1. The molecule has 2 nitrogen and oxygen atoms in total. The molecule has 0 bridgehead atoms. The molecule has 0 spiro atoms. The summed E-state index contributed by atoms with van der Waals surface area (Å²) in [5.74, 6) is -0.322. The van der Waals surface area contributed by atoms with Gasteiger partial charge in [-0.2, -0.15) is 0 Å². The molecule has 0 aliphatic heterocycles. The van der Waals surface area contributed by atoms with Gasteiger partial charge in [-0.15, -0.1) is 0 Å². The van der Waals surface area contributed by atoms with Gasteiger partial charge in [0.2, 0.25) is 0 Å². The van der Waals surface area contributed by atoms with Crippen molar-refractivity contribution in [2.75, 3.05) is 5.73 Å². The number of Topliss-reactive ketones (excluding diaryl/α,β-unsaturated/α-hetero) is 1. The lowest BCUT2D eigenvalue weighted by Crippen LogP contribution is -2.04. The lowest BCUT2D eigenvalue weighted by Gasteiger charge is -2.10. The maximum atomic E-state index is 12.5. The molecule has 0 aromatic heterocycles. The predicted molar refractivity (Wildman–Crippen MR) is 53.5 cm³/mol. The van der Waals surface area contributed by atoms with Crippen molar-refractivity contribution in [3.05, 3.63) is 27.7 Å². The molecule has 0 unspecified atom stereocenters. The topological polar surface area (TPSA) is 43.1 Å². The first-order valence-corrected chi connectivity index (χ1v) is 4.61. The monoisotopic (exact) mass is 263 g/mol. The molecule has 0 aliphatic carbocycles. The minimum atomic E-state index is -2.69. The van der Waals surface area contributed by atoms with Gasteiger partial charge in [-0.3, -0.25) is 4.79 Å². The van der Waals surface area contributed by atoms with Crippen LogP contribution in [-0.4, -0.2) is 5.78 Å². The third-order valence-corrected chi connectivity index (χ3v) is 2.52. The van der Waals surface area contributed by atoms with Gasteiger partial charge in [-0.1, -0.05) is 15.9 Å². The van der Waals surface area contributed by atoms with Crippen LogP contribution in [0.4, 0.5) is 14.5 Å². The summed E-state index contributed by atoms with van der Waals surface area (Å²) >= 11 is 2.96. The average molecular weight is 264 g/mol. The zero-order chi connectivity index (χ0) is 10.9. The van der Waals surface area contributed by atoms with Crippen molar-refractivity contribution < 1.29 is 13.6 Å². The Balaban J connectivity index is 3.41. The second kappa shape index (κ2) is 4.04. The first-order valence-electron chi connectivity index (χ1n) is 3.82. The molecule has 0 saturated carbocycles. The predicted octanol–water partition coefficient (Wildman–Crippen LogP) is 3.17. The highest BCUT2D eigenvalue weighted by Gasteiger charge is 2.19. The van der Waals surface area contributed by atoms with Crippen LogP contribution in [-0.2, 0) is 0 Å². The van der Waals surface area contributed by atoms with E-state index in [1.165, 1.54) is 19.1 Å². The first kappa shape index (κ1) is 11.1. The maximum absolute atomic E-state index is 12.5. The van der Waals surface area contributed by atoms with E-state index in [-0.39, 0.29) is 27.1 Å². The average Bonchev–Trinajstić information content (AvgIpc) is 2.02. The zero-order valence-electron chi connectivity index (χ0n) is 7.35. The van der Waals surface area contributed by atoms with Gasteiger partial charge in [0.1, 0.15) is 0 Å². The van der Waals surface area contributed by atoms with Crippen molar-refractivity contribution in [3.8, 4) is 0 Å². The molecule has 2 N–H and O–H groups in total. The largest absolute Gasteiger partial charge is 0.398 e. The van der Waals surface area contributed by atoms with Crippen molar-refractivity contribution in [2.24, 2.45) is 0 Å². The number of carbonyl (C=O) groups excluding carboxylic acids is 1. The molecule has 1 rings (SSSR count). The second-order valence-corrected chi connectivity index (χ2v) is 3.63. The maximum Gasteiger partial charge on any atom is 0.266 e. The number of hydrogen-bond donors (Lipinski definition) is 1. The minimum absolute atomic E-state index is 0.128. The van der Waals surface area contributed by atoms with Crippen LogP contribution >= 0.6 is 15.9 Å². The number of anilines is 1. The normalized spacial score (nSPS) is 10.6. The van der Waals surface area contributed by atoms with E-state index in [4.69, 9.17) is 5.73 Å². The van der Waals surface area contributed by atoms with E-state index in [1.807, 2.05) is 0 Å². The molecule has 0 radical (unpaired) electrons. The summed E-state index contributed by atoms with van der Waals surface area (Å²) in [5.41, 5.74) is 5.11. The van der Waals surface area contributed by atoms with E-state index < -0.39 is 6.43 Å². The minimum Gasteiger partial charge on any atom is -0.398 e. The standard InChI is InChI=1S/C9H8BrF2NO/c1-4(14)5-2-3-6(10)7(8(5)13)9(11)12/h2-3,9H,13H2,1H3. The fraction of sp³-hybridized carbons (Fsp3) is 0.222. The van der Waals surface area contributed by atoms with Crippen molar-refractivity contribution in [2.45, 2.75) is 13.3 Å². The van der Waals surface area contributed by atoms with E-state index in [9.17, 15) is 13.6 Å². The lowest BCUT2D eigenvalue weighted by atomic mass is 10.1. The Morgan fingerprint density at radius 3 is 2.50 bits per heavy atom. The summed E-state index contributed by atoms with van der Waals surface area (Å²) < 4.78 is 25.2. The molecule has 5 heteroatoms. The van der Waals surface area contributed by atoms with Gasteiger partial charge in [0.25, 0.3) is 6.43 Å². The van der Waals surface area contributed by atoms with Gasteiger partial charge >= 0.3 is 0 Å². The summed E-state index contributed by atoms with van der Waals surface area (Å²) in [6.07, 6.45) is -2.69. The number of halogens is 3. The SMILES string of the molecule is CC(=O)c1ccc(Br)c(C(F)F)c1N. The molecule has 0 aliphatic rings. The summed E-state index contributed by atoms with van der Waals surface area (Å²) in [7, 11) is 0. The summed E-state index contributed by atoms with van der Waals surface area (Å²) in [6.45, 7) is 1.29. The highest BCUT2D eigenvalue weighted by atomic mass is 79.9. The van der Waals surface area contributed by atoms with Crippen molar-refractivity contribution in [1.82, 2.24) is 0 Å². The van der Waals surface area contributed by atoms with Crippen LogP contribution in [0.3, 0.4) is 0 Å². The first-order chi connectivity index (χ1) is 6.45. The van der Waals surface area contributed by atoms with Crippen LogP contribution in [0.1, 0.15) is 29.3 Å². The number of rotatable bonds is 2. The Hall–Kier alpha value is -0.970. The van der Waals surface area contributed by atoms with Gasteiger partial charge < -0.3 is 5.73 Å². The Bertz CT molecular complexity index is 379.